The lowest BCUT2D eigenvalue weighted by Crippen LogP contribution is -2.24. The number of halogens is 3. The molecule has 0 saturated carbocycles. The molecule has 0 fully saturated rings. The SMILES string of the molecule is O=C(COc1ccc(Cl)cc1Cl)N/N=C/c1csc(Br)n1. The third-order valence-corrected chi connectivity index (χ3v) is 4.05. The maximum absolute atomic E-state index is 11.5. The van der Waals surface area contributed by atoms with Crippen LogP contribution in [-0.2, 0) is 4.79 Å². The van der Waals surface area contributed by atoms with Crippen molar-refractivity contribution in [2.24, 2.45) is 5.10 Å². The molecule has 0 spiro atoms. The number of carbonyl (C=O) groups excluding carboxylic acids is 1. The smallest absolute Gasteiger partial charge is 0.277 e. The third kappa shape index (κ3) is 5.28. The Labute approximate surface area is 143 Å². The van der Waals surface area contributed by atoms with Crippen molar-refractivity contribution in [3.8, 4) is 5.75 Å². The Morgan fingerprint density at radius 1 is 1.52 bits per heavy atom. The van der Waals surface area contributed by atoms with Gasteiger partial charge in [-0.25, -0.2) is 10.4 Å². The van der Waals surface area contributed by atoms with Gasteiger partial charge in [-0.3, -0.25) is 4.79 Å². The number of hydrogen-bond donors (Lipinski definition) is 1. The third-order valence-electron chi connectivity index (χ3n) is 2.13. The summed E-state index contributed by atoms with van der Waals surface area (Å²) in [4.78, 5) is 15.6. The second kappa shape index (κ2) is 7.74. The fourth-order valence-electron chi connectivity index (χ4n) is 1.26. The molecule has 0 atom stereocenters. The summed E-state index contributed by atoms with van der Waals surface area (Å²) < 4.78 is 6.01. The number of aromatic nitrogens is 1. The predicted molar refractivity (Wildman–Crippen MR) is 87.5 cm³/mol. The van der Waals surface area contributed by atoms with Gasteiger partial charge in [0.1, 0.15) is 5.75 Å². The molecule has 0 unspecified atom stereocenters. The topological polar surface area (TPSA) is 63.6 Å². The Morgan fingerprint density at radius 2 is 2.33 bits per heavy atom. The van der Waals surface area contributed by atoms with Gasteiger partial charge in [0, 0.05) is 10.4 Å². The molecule has 1 aromatic carbocycles. The zero-order valence-electron chi connectivity index (χ0n) is 10.3. The van der Waals surface area contributed by atoms with E-state index in [2.05, 4.69) is 31.4 Å². The van der Waals surface area contributed by atoms with Gasteiger partial charge in [0.2, 0.25) is 0 Å². The van der Waals surface area contributed by atoms with Crippen LogP contribution in [0.1, 0.15) is 5.69 Å². The van der Waals surface area contributed by atoms with Crippen molar-refractivity contribution in [3.63, 3.8) is 0 Å². The minimum absolute atomic E-state index is 0.209. The van der Waals surface area contributed by atoms with Crippen LogP contribution in [0.3, 0.4) is 0 Å². The molecule has 1 N–H and O–H groups in total. The zero-order chi connectivity index (χ0) is 15.2. The number of nitrogens with zero attached hydrogens (tertiary/aromatic N) is 2. The van der Waals surface area contributed by atoms with Gasteiger partial charge in [-0.15, -0.1) is 11.3 Å². The fourth-order valence-corrected chi connectivity index (χ4v) is 2.70. The summed E-state index contributed by atoms with van der Waals surface area (Å²) in [5.74, 6) is -0.0322. The monoisotopic (exact) mass is 407 g/mol. The first-order valence-electron chi connectivity index (χ1n) is 5.55. The van der Waals surface area contributed by atoms with E-state index in [1.807, 2.05) is 0 Å². The van der Waals surface area contributed by atoms with E-state index < -0.39 is 5.91 Å². The largest absolute Gasteiger partial charge is 0.482 e. The minimum atomic E-state index is -0.411. The quantitative estimate of drug-likeness (QED) is 0.605. The number of benzene rings is 1. The van der Waals surface area contributed by atoms with Crippen molar-refractivity contribution in [2.45, 2.75) is 0 Å². The van der Waals surface area contributed by atoms with E-state index in [4.69, 9.17) is 27.9 Å². The summed E-state index contributed by atoms with van der Waals surface area (Å²) in [5, 5.41) is 6.40. The van der Waals surface area contributed by atoms with Crippen molar-refractivity contribution in [3.05, 3.63) is 43.2 Å². The molecule has 0 saturated heterocycles. The van der Waals surface area contributed by atoms with Gasteiger partial charge < -0.3 is 4.74 Å². The average Bonchev–Trinajstić information content (AvgIpc) is 2.83. The van der Waals surface area contributed by atoms with Crippen LogP contribution in [0.2, 0.25) is 10.0 Å². The van der Waals surface area contributed by atoms with Gasteiger partial charge in [0.05, 0.1) is 16.9 Å². The lowest BCUT2D eigenvalue weighted by atomic mass is 10.3. The molecular weight excluding hydrogens is 401 g/mol. The lowest BCUT2D eigenvalue weighted by molar-refractivity contribution is -0.123. The van der Waals surface area contributed by atoms with Gasteiger partial charge >= 0.3 is 0 Å². The summed E-state index contributed by atoms with van der Waals surface area (Å²) in [5.41, 5.74) is 2.97. The summed E-state index contributed by atoms with van der Waals surface area (Å²) in [7, 11) is 0. The molecule has 2 aromatic rings. The van der Waals surface area contributed by atoms with Crippen molar-refractivity contribution in [1.29, 1.82) is 0 Å². The molecule has 0 aliphatic carbocycles. The van der Waals surface area contributed by atoms with Crippen molar-refractivity contribution in [1.82, 2.24) is 10.4 Å². The van der Waals surface area contributed by atoms with Gasteiger partial charge in [-0.05, 0) is 34.1 Å². The van der Waals surface area contributed by atoms with E-state index in [9.17, 15) is 4.79 Å². The number of ether oxygens (including phenoxy) is 1. The van der Waals surface area contributed by atoms with Crippen LogP contribution in [0, 0.1) is 0 Å². The van der Waals surface area contributed by atoms with Gasteiger partial charge in [0.15, 0.2) is 10.5 Å². The highest BCUT2D eigenvalue weighted by molar-refractivity contribution is 9.11. The van der Waals surface area contributed by atoms with Crippen molar-refractivity contribution < 1.29 is 9.53 Å². The first kappa shape index (κ1) is 16.2. The van der Waals surface area contributed by atoms with Crippen LogP contribution in [0.5, 0.6) is 5.75 Å². The van der Waals surface area contributed by atoms with E-state index in [1.54, 1.807) is 17.5 Å². The number of thiazole rings is 1. The molecule has 1 aromatic heterocycles. The van der Waals surface area contributed by atoms with Crippen LogP contribution >= 0.6 is 50.5 Å². The van der Waals surface area contributed by atoms with Gasteiger partial charge in [-0.2, -0.15) is 5.10 Å². The Morgan fingerprint density at radius 3 is 3.00 bits per heavy atom. The number of hydrazone groups is 1. The molecule has 0 aliphatic heterocycles. The molecule has 2 rings (SSSR count). The predicted octanol–water partition coefficient (Wildman–Crippen LogP) is 3.74. The molecule has 0 radical (unpaired) electrons. The molecule has 110 valence electrons. The maximum Gasteiger partial charge on any atom is 0.277 e. The molecule has 9 heteroatoms. The number of hydrogen-bond acceptors (Lipinski definition) is 5. The molecule has 5 nitrogen and oxygen atoms in total. The van der Waals surface area contributed by atoms with E-state index in [0.29, 0.717) is 21.5 Å². The van der Waals surface area contributed by atoms with E-state index in [1.165, 1.54) is 23.6 Å². The standard InChI is InChI=1S/C12H8BrCl2N3O2S/c13-12-17-8(6-21-12)4-16-18-11(19)5-20-10-2-1-7(14)3-9(10)15/h1-4,6H,5H2,(H,18,19)/b16-4+. The Hall–Kier alpha value is -1.15. The summed E-state index contributed by atoms with van der Waals surface area (Å²) in [6.45, 7) is -0.209. The zero-order valence-corrected chi connectivity index (χ0v) is 14.3. The van der Waals surface area contributed by atoms with Crippen LogP contribution in [0.25, 0.3) is 0 Å². The van der Waals surface area contributed by atoms with Crippen molar-refractivity contribution >= 4 is 62.6 Å². The second-order valence-electron chi connectivity index (χ2n) is 3.68. The van der Waals surface area contributed by atoms with Crippen LogP contribution in [-0.4, -0.2) is 23.7 Å². The first-order chi connectivity index (χ1) is 10.0. The second-order valence-corrected chi connectivity index (χ2v) is 6.66. The highest BCUT2D eigenvalue weighted by Crippen LogP contribution is 2.27. The molecule has 21 heavy (non-hydrogen) atoms. The molecule has 1 amide bonds. The van der Waals surface area contributed by atoms with E-state index >= 15 is 0 Å². The average molecular weight is 409 g/mol. The number of rotatable bonds is 5. The van der Waals surface area contributed by atoms with E-state index in [-0.39, 0.29) is 6.61 Å². The lowest BCUT2D eigenvalue weighted by Gasteiger charge is -2.06. The minimum Gasteiger partial charge on any atom is -0.482 e. The fraction of sp³-hybridized carbons (Fsp3) is 0.0833. The Kier molecular flexibility index (Phi) is 5.98. The normalized spacial score (nSPS) is 10.8. The molecular formula is C12H8BrCl2N3O2S. The summed E-state index contributed by atoms with van der Waals surface area (Å²) in [6.07, 6.45) is 1.44. The highest BCUT2D eigenvalue weighted by Gasteiger charge is 2.05. The number of nitrogens with one attached hydrogen (secondary N) is 1. The van der Waals surface area contributed by atoms with Crippen LogP contribution < -0.4 is 10.2 Å². The van der Waals surface area contributed by atoms with Gasteiger partial charge in [0.25, 0.3) is 5.91 Å². The Balaban J connectivity index is 1.81. The van der Waals surface area contributed by atoms with E-state index in [0.717, 1.165) is 3.92 Å². The number of amides is 1. The van der Waals surface area contributed by atoms with Crippen LogP contribution in [0.15, 0.2) is 32.6 Å². The number of carbonyl (C=O) groups is 1. The Bertz CT molecular complexity index is 678. The maximum atomic E-state index is 11.5. The van der Waals surface area contributed by atoms with Crippen LogP contribution in [0.4, 0.5) is 0 Å². The first-order valence-corrected chi connectivity index (χ1v) is 7.98. The highest BCUT2D eigenvalue weighted by atomic mass is 79.9. The molecule has 1 heterocycles. The molecule has 0 bridgehead atoms. The summed E-state index contributed by atoms with van der Waals surface area (Å²) >= 11 is 16.3. The van der Waals surface area contributed by atoms with Crippen molar-refractivity contribution in [2.75, 3.05) is 6.61 Å². The van der Waals surface area contributed by atoms with Gasteiger partial charge in [-0.1, -0.05) is 23.2 Å². The summed E-state index contributed by atoms with van der Waals surface area (Å²) in [6, 6.07) is 4.75. The molecule has 0 aliphatic rings.